The van der Waals surface area contributed by atoms with Gasteiger partial charge in [-0.25, -0.2) is 4.98 Å². The summed E-state index contributed by atoms with van der Waals surface area (Å²) >= 11 is 1.71. The molecular weight excluding hydrogens is 194 g/mol. The van der Waals surface area contributed by atoms with Crippen LogP contribution in [0, 0.1) is 13.8 Å². The average molecular weight is 207 g/mol. The van der Waals surface area contributed by atoms with Crippen molar-refractivity contribution in [2.75, 3.05) is 0 Å². The molecule has 0 unspecified atom stereocenters. The average Bonchev–Trinajstić information content (AvgIpc) is 2.72. The minimum absolute atomic E-state index is 1.01. The third-order valence-corrected chi connectivity index (χ3v) is 3.21. The van der Waals surface area contributed by atoms with E-state index in [0.717, 1.165) is 18.5 Å². The number of aryl methyl sites for hydroxylation is 4. The summed E-state index contributed by atoms with van der Waals surface area (Å²) in [5.74, 6) is 0. The lowest BCUT2D eigenvalue weighted by molar-refractivity contribution is 0.909. The number of nitrogens with zero attached hydrogens (tertiary/aromatic N) is 2. The molecule has 2 heterocycles. The normalized spacial score (nSPS) is 10.7. The highest BCUT2D eigenvalue weighted by molar-refractivity contribution is 7.09. The number of aromatic amines is 1. The van der Waals surface area contributed by atoms with Gasteiger partial charge >= 0.3 is 0 Å². The molecule has 0 atom stereocenters. The summed E-state index contributed by atoms with van der Waals surface area (Å²) in [7, 11) is 0. The molecule has 2 aromatic rings. The number of H-pyrrole nitrogens is 1. The second-order valence-electron chi connectivity index (χ2n) is 3.38. The monoisotopic (exact) mass is 207 g/mol. The summed E-state index contributed by atoms with van der Waals surface area (Å²) in [4.78, 5) is 5.66. The van der Waals surface area contributed by atoms with E-state index in [-0.39, 0.29) is 0 Å². The molecule has 0 bridgehead atoms. The molecule has 0 aliphatic rings. The molecule has 1 N–H and O–H groups in total. The van der Waals surface area contributed by atoms with Crippen molar-refractivity contribution in [2.24, 2.45) is 0 Å². The van der Waals surface area contributed by atoms with Gasteiger partial charge in [0.05, 0.1) is 17.4 Å². The van der Waals surface area contributed by atoms with Crippen LogP contribution in [0.25, 0.3) is 0 Å². The molecule has 0 saturated heterocycles. The summed E-state index contributed by atoms with van der Waals surface area (Å²) in [6.45, 7) is 4.17. The second-order valence-corrected chi connectivity index (χ2v) is 4.43. The minimum atomic E-state index is 1.01. The zero-order chi connectivity index (χ0) is 9.97. The number of aromatic nitrogens is 3. The van der Waals surface area contributed by atoms with Crippen molar-refractivity contribution in [3.05, 3.63) is 33.5 Å². The molecule has 0 saturated carbocycles. The Hall–Kier alpha value is -1.16. The number of hydrogen-bond donors (Lipinski definition) is 1. The quantitative estimate of drug-likeness (QED) is 0.838. The van der Waals surface area contributed by atoms with Crippen molar-refractivity contribution in [1.29, 1.82) is 0 Å². The van der Waals surface area contributed by atoms with Crippen LogP contribution in [0.4, 0.5) is 0 Å². The molecule has 0 spiro atoms. The van der Waals surface area contributed by atoms with E-state index < -0.39 is 0 Å². The van der Waals surface area contributed by atoms with Crippen molar-refractivity contribution < 1.29 is 0 Å². The molecule has 0 radical (unpaired) electrons. The summed E-state index contributed by atoms with van der Waals surface area (Å²) < 4.78 is 0. The predicted octanol–water partition coefficient (Wildman–Crippen LogP) is 2.27. The standard InChI is InChI=1S/C10H13N3S/c1-7-9(5-12-13-7)3-4-10-8(2)14-6-11-10/h5-6H,3-4H2,1-2H3,(H,12,13). The number of thiazole rings is 1. The second kappa shape index (κ2) is 3.92. The van der Waals surface area contributed by atoms with Gasteiger partial charge in [-0.1, -0.05) is 0 Å². The van der Waals surface area contributed by atoms with Crippen molar-refractivity contribution in [1.82, 2.24) is 15.2 Å². The zero-order valence-electron chi connectivity index (χ0n) is 8.37. The minimum Gasteiger partial charge on any atom is -0.283 e. The van der Waals surface area contributed by atoms with Crippen molar-refractivity contribution in [3.63, 3.8) is 0 Å². The van der Waals surface area contributed by atoms with Crippen LogP contribution in [0.1, 0.15) is 21.8 Å². The molecule has 0 aliphatic heterocycles. The van der Waals surface area contributed by atoms with E-state index >= 15 is 0 Å². The molecule has 3 nitrogen and oxygen atoms in total. The molecule has 0 aromatic carbocycles. The first-order valence-corrected chi connectivity index (χ1v) is 5.53. The first kappa shape index (κ1) is 9.40. The zero-order valence-corrected chi connectivity index (χ0v) is 9.19. The molecule has 0 amide bonds. The van der Waals surface area contributed by atoms with Gasteiger partial charge in [-0.15, -0.1) is 11.3 Å². The summed E-state index contributed by atoms with van der Waals surface area (Å²) in [6, 6.07) is 0. The fourth-order valence-electron chi connectivity index (χ4n) is 1.45. The Labute approximate surface area is 87.2 Å². The Balaban J connectivity index is 2.02. The molecule has 2 rings (SSSR count). The number of nitrogens with one attached hydrogen (secondary N) is 1. The van der Waals surface area contributed by atoms with Gasteiger partial charge in [0.2, 0.25) is 0 Å². The molecular formula is C10H13N3S. The van der Waals surface area contributed by atoms with Crippen LogP contribution in [0.2, 0.25) is 0 Å². The van der Waals surface area contributed by atoms with Gasteiger partial charge in [-0.2, -0.15) is 5.10 Å². The van der Waals surface area contributed by atoms with E-state index in [1.54, 1.807) is 11.3 Å². The lowest BCUT2D eigenvalue weighted by Crippen LogP contribution is -1.93. The Kier molecular flexibility index (Phi) is 2.63. The van der Waals surface area contributed by atoms with Crippen LogP contribution in [0.3, 0.4) is 0 Å². The summed E-state index contributed by atoms with van der Waals surface area (Å²) in [6.07, 6.45) is 3.93. The first-order chi connectivity index (χ1) is 6.77. The largest absolute Gasteiger partial charge is 0.283 e. The lowest BCUT2D eigenvalue weighted by atomic mass is 10.1. The molecule has 2 aromatic heterocycles. The number of hydrogen-bond acceptors (Lipinski definition) is 3. The topological polar surface area (TPSA) is 41.6 Å². The molecule has 0 fully saturated rings. The maximum Gasteiger partial charge on any atom is 0.0797 e. The predicted molar refractivity (Wildman–Crippen MR) is 57.6 cm³/mol. The van der Waals surface area contributed by atoms with Crippen LogP contribution >= 0.6 is 11.3 Å². The molecule has 0 aliphatic carbocycles. The first-order valence-electron chi connectivity index (χ1n) is 4.65. The smallest absolute Gasteiger partial charge is 0.0797 e. The highest BCUT2D eigenvalue weighted by Gasteiger charge is 2.04. The van der Waals surface area contributed by atoms with Crippen LogP contribution in [-0.4, -0.2) is 15.2 Å². The fraction of sp³-hybridized carbons (Fsp3) is 0.400. The Morgan fingerprint density at radius 2 is 2.21 bits per heavy atom. The number of rotatable bonds is 3. The van der Waals surface area contributed by atoms with Gasteiger partial charge in [-0.05, 0) is 32.3 Å². The Bertz CT molecular complexity index is 376. The van der Waals surface area contributed by atoms with Gasteiger partial charge in [0.25, 0.3) is 0 Å². The molecule has 4 heteroatoms. The lowest BCUT2D eigenvalue weighted by Gasteiger charge is -1.97. The summed E-state index contributed by atoms with van der Waals surface area (Å²) in [5.41, 5.74) is 5.58. The van der Waals surface area contributed by atoms with Crippen molar-refractivity contribution >= 4 is 11.3 Å². The van der Waals surface area contributed by atoms with Crippen LogP contribution in [-0.2, 0) is 12.8 Å². The van der Waals surface area contributed by atoms with E-state index in [1.807, 2.05) is 11.7 Å². The maximum absolute atomic E-state index is 4.33. The SMILES string of the molecule is Cc1[nH]ncc1CCc1ncsc1C. The van der Waals surface area contributed by atoms with Gasteiger partial charge in [-0.3, -0.25) is 5.10 Å². The van der Waals surface area contributed by atoms with E-state index in [9.17, 15) is 0 Å². The van der Waals surface area contributed by atoms with E-state index in [0.29, 0.717) is 0 Å². The van der Waals surface area contributed by atoms with Gasteiger partial charge in [0, 0.05) is 10.6 Å². The van der Waals surface area contributed by atoms with Gasteiger partial charge in [0.1, 0.15) is 0 Å². The van der Waals surface area contributed by atoms with Crippen molar-refractivity contribution in [3.8, 4) is 0 Å². The van der Waals surface area contributed by atoms with Gasteiger partial charge < -0.3 is 0 Å². The fourth-order valence-corrected chi connectivity index (χ4v) is 2.08. The maximum atomic E-state index is 4.33. The molecule has 74 valence electrons. The summed E-state index contributed by atoms with van der Waals surface area (Å²) in [5, 5.41) is 6.95. The highest BCUT2D eigenvalue weighted by atomic mass is 32.1. The van der Waals surface area contributed by atoms with Crippen LogP contribution in [0.5, 0.6) is 0 Å². The van der Waals surface area contributed by atoms with E-state index in [4.69, 9.17) is 0 Å². The Morgan fingerprint density at radius 3 is 2.79 bits per heavy atom. The third kappa shape index (κ3) is 1.85. The highest BCUT2D eigenvalue weighted by Crippen LogP contribution is 2.14. The third-order valence-electron chi connectivity index (χ3n) is 2.41. The van der Waals surface area contributed by atoms with Crippen molar-refractivity contribution in [2.45, 2.75) is 26.7 Å². The van der Waals surface area contributed by atoms with Crippen LogP contribution in [0.15, 0.2) is 11.7 Å². The van der Waals surface area contributed by atoms with Gasteiger partial charge in [0.15, 0.2) is 0 Å². The molecule has 14 heavy (non-hydrogen) atoms. The Morgan fingerprint density at radius 1 is 1.36 bits per heavy atom. The van der Waals surface area contributed by atoms with Crippen LogP contribution < -0.4 is 0 Å². The van der Waals surface area contributed by atoms with E-state index in [1.165, 1.54) is 16.1 Å². The van der Waals surface area contributed by atoms with E-state index in [2.05, 4.69) is 29.0 Å².